The molecule has 1 aromatic rings. The van der Waals surface area contributed by atoms with Gasteiger partial charge in [-0.1, -0.05) is 6.07 Å². The second kappa shape index (κ2) is 8.36. The van der Waals surface area contributed by atoms with Crippen LogP contribution in [0, 0.1) is 5.92 Å². The lowest BCUT2D eigenvalue weighted by atomic mass is 9.94. The van der Waals surface area contributed by atoms with Crippen LogP contribution in [0.25, 0.3) is 0 Å². The summed E-state index contributed by atoms with van der Waals surface area (Å²) in [5, 5.41) is 0. The summed E-state index contributed by atoms with van der Waals surface area (Å²) in [6.07, 6.45) is 6.39. The van der Waals surface area contributed by atoms with Crippen molar-refractivity contribution < 1.29 is 13.2 Å². The molecule has 160 valence electrons. The first-order valence-corrected chi connectivity index (χ1v) is 12.4. The molecule has 1 aromatic carbocycles. The first kappa shape index (κ1) is 20.8. The summed E-state index contributed by atoms with van der Waals surface area (Å²) < 4.78 is 27.8. The Balaban J connectivity index is 1.36. The van der Waals surface area contributed by atoms with E-state index in [1.807, 2.05) is 24.1 Å². The van der Waals surface area contributed by atoms with Crippen molar-refractivity contribution in [2.45, 2.75) is 55.9 Å². The zero-order valence-electron chi connectivity index (χ0n) is 17.6. The van der Waals surface area contributed by atoms with Gasteiger partial charge in [-0.3, -0.25) is 4.79 Å². The van der Waals surface area contributed by atoms with Gasteiger partial charge in [0, 0.05) is 32.1 Å². The van der Waals surface area contributed by atoms with Crippen LogP contribution >= 0.6 is 0 Å². The average molecular weight is 420 g/mol. The van der Waals surface area contributed by atoms with E-state index in [0.717, 1.165) is 45.2 Å². The molecule has 0 N–H and O–H groups in total. The summed E-state index contributed by atoms with van der Waals surface area (Å²) >= 11 is 0. The summed E-state index contributed by atoms with van der Waals surface area (Å²) in [5.41, 5.74) is 2.46. The molecule has 0 atom stereocenters. The molecule has 0 saturated carbocycles. The first-order chi connectivity index (χ1) is 13.9. The number of nitrogens with zero attached hydrogens (tertiary/aromatic N) is 3. The Morgan fingerprint density at radius 2 is 1.66 bits per heavy atom. The van der Waals surface area contributed by atoms with E-state index in [2.05, 4.69) is 11.9 Å². The number of aryl methyl sites for hydroxylation is 2. The van der Waals surface area contributed by atoms with Gasteiger partial charge in [0.25, 0.3) is 0 Å². The van der Waals surface area contributed by atoms with Crippen molar-refractivity contribution >= 4 is 15.9 Å². The maximum absolute atomic E-state index is 13.1. The molecule has 0 radical (unpaired) electrons. The van der Waals surface area contributed by atoms with Gasteiger partial charge < -0.3 is 9.80 Å². The second-order valence-electron chi connectivity index (χ2n) is 8.95. The maximum Gasteiger partial charge on any atom is 0.243 e. The minimum Gasteiger partial charge on any atom is -0.342 e. The molecule has 3 aliphatic rings. The van der Waals surface area contributed by atoms with E-state index in [9.17, 15) is 13.2 Å². The molecule has 29 heavy (non-hydrogen) atoms. The Labute approximate surface area is 174 Å². The monoisotopic (exact) mass is 419 g/mol. The minimum absolute atomic E-state index is 0.0638. The third-order valence-corrected chi connectivity index (χ3v) is 8.99. The van der Waals surface area contributed by atoms with Gasteiger partial charge in [0.1, 0.15) is 0 Å². The average Bonchev–Trinajstić information content (AvgIpc) is 3.21. The molecule has 0 spiro atoms. The fourth-order valence-electron chi connectivity index (χ4n) is 5.05. The Morgan fingerprint density at radius 3 is 2.34 bits per heavy atom. The van der Waals surface area contributed by atoms with Crippen LogP contribution in [0.5, 0.6) is 0 Å². The van der Waals surface area contributed by atoms with Crippen molar-refractivity contribution in [2.75, 3.05) is 40.3 Å². The molecule has 6 nitrogen and oxygen atoms in total. The van der Waals surface area contributed by atoms with E-state index in [1.165, 1.54) is 11.1 Å². The van der Waals surface area contributed by atoms with Crippen LogP contribution in [0.4, 0.5) is 0 Å². The topological polar surface area (TPSA) is 60.9 Å². The molecule has 4 rings (SSSR count). The van der Waals surface area contributed by atoms with Crippen molar-refractivity contribution in [1.82, 2.24) is 14.1 Å². The van der Waals surface area contributed by atoms with Gasteiger partial charge in [-0.15, -0.1) is 0 Å². The zero-order chi connectivity index (χ0) is 20.6. The summed E-state index contributed by atoms with van der Waals surface area (Å²) in [7, 11) is 0.566. The van der Waals surface area contributed by atoms with Gasteiger partial charge in [-0.25, -0.2) is 8.42 Å². The normalized spacial score (nSPS) is 22.6. The Bertz CT molecular complexity index is 854. The van der Waals surface area contributed by atoms with Gasteiger partial charge >= 0.3 is 0 Å². The number of amides is 1. The van der Waals surface area contributed by atoms with Gasteiger partial charge in [-0.05, 0) is 88.3 Å². The van der Waals surface area contributed by atoms with Crippen LogP contribution in [0.3, 0.4) is 0 Å². The van der Waals surface area contributed by atoms with Crippen molar-refractivity contribution in [3.63, 3.8) is 0 Å². The van der Waals surface area contributed by atoms with Crippen LogP contribution in [0.1, 0.15) is 43.2 Å². The Kier molecular flexibility index (Phi) is 6.00. The van der Waals surface area contributed by atoms with Crippen LogP contribution < -0.4 is 0 Å². The highest BCUT2D eigenvalue weighted by molar-refractivity contribution is 7.89. The van der Waals surface area contributed by atoms with E-state index in [-0.39, 0.29) is 11.8 Å². The molecule has 0 aromatic heterocycles. The summed E-state index contributed by atoms with van der Waals surface area (Å²) in [6, 6.07) is 5.90. The van der Waals surface area contributed by atoms with E-state index >= 15 is 0 Å². The standard InChI is InChI=1S/C22H33N3O3S/c1-23-12-10-20(11-13-23)24(2)22(26)18-8-14-25(15-9-18)29(27,28)21-7-6-17-4-3-5-19(17)16-21/h6-7,16,18,20H,3-5,8-15H2,1-2H3. The Hall–Kier alpha value is -1.44. The summed E-state index contributed by atoms with van der Waals surface area (Å²) in [6.45, 7) is 2.91. The molecule has 0 unspecified atom stereocenters. The van der Waals surface area contributed by atoms with E-state index in [1.54, 1.807) is 10.4 Å². The van der Waals surface area contributed by atoms with Gasteiger partial charge in [0.05, 0.1) is 4.90 Å². The number of likely N-dealkylation sites (tertiary alicyclic amines) is 1. The molecule has 0 bridgehead atoms. The van der Waals surface area contributed by atoms with E-state index in [0.29, 0.717) is 36.9 Å². The number of carbonyl (C=O) groups is 1. The zero-order valence-corrected chi connectivity index (χ0v) is 18.5. The second-order valence-corrected chi connectivity index (χ2v) is 10.9. The van der Waals surface area contributed by atoms with Crippen molar-refractivity contribution in [2.24, 2.45) is 5.92 Å². The number of hydrogen-bond donors (Lipinski definition) is 0. The highest BCUT2D eigenvalue weighted by Crippen LogP contribution is 2.29. The molecule has 2 fully saturated rings. The molecular weight excluding hydrogens is 386 g/mol. The van der Waals surface area contributed by atoms with Gasteiger partial charge in [0.15, 0.2) is 0 Å². The number of benzene rings is 1. The van der Waals surface area contributed by atoms with Crippen LogP contribution in [0.2, 0.25) is 0 Å². The molecule has 1 aliphatic carbocycles. The number of carbonyl (C=O) groups excluding carboxylic acids is 1. The van der Waals surface area contributed by atoms with Gasteiger partial charge in [-0.2, -0.15) is 4.31 Å². The van der Waals surface area contributed by atoms with E-state index < -0.39 is 10.0 Å². The largest absolute Gasteiger partial charge is 0.342 e. The number of rotatable bonds is 4. The number of piperidine rings is 2. The fraction of sp³-hybridized carbons (Fsp3) is 0.682. The van der Waals surface area contributed by atoms with Crippen LogP contribution in [-0.2, 0) is 27.7 Å². The first-order valence-electron chi connectivity index (χ1n) is 10.9. The number of sulfonamides is 1. The lowest BCUT2D eigenvalue weighted by molar-refractivity contribution is -0.138. The number of fused-ring (bicyclic) bond motifs is 1. The quantitative estimate of drug-likeness (QED) is 0.750. The highest BCUT2D eigenvalue weighted by Gasteiger charge is 2.35. The predicted molar refractivity (Wildman–Crippen MR) is 113 cm³/mol. The maximum atomic E-state index is 13.1. The lowest BCUT2D eigenvalue weighted by Crippen LogP contribution is -2.48. The van der Waals surface area contributed by atoms with Crippen molar-refractivity contribution in [3.05, 3.63) is 29.3 Å². The summed E-state index contributed by atoms with van der Waals surface area (Å²) in [4.78, 5) is 17.6. The molecular formula is C22H33N3O3S. The molecule has 2 aliphatic heterocycles. The van der Waals surface area contributed by atoms with Crippen LogP contribution in [0.15, 0.2) is 23.1 Å². The smallest absolute Gasteiger partial charge is 0.243 e. The molecule has 7 heteroatoms. The Morgan fingerprint density at radius 1 is 1.00 bits per heavy atom. The predicted octanol–water partition coefficient (Wildman–Crippen LogP) is 2.13. The minimum atomic E-state index is -3.48. The SMILES string of the molecule is CN1CCC(N(C)C(=O)C2CCN(S(=O)(=O)c3ccc4c(c3)CCC4)CC2)CC1. The van der Waals surface area contributed by atoms with E-state index in [4.69, 9.17) is 0 Å². The number of hydrogen-bond acceptors (Lipinski definition) is 4. The third kappa shape index (κ3) is 4.23. The van der Waals surface area contributed by atoms with Crippen molar-refractivity contribution in [3.8, 4) is 0 Å². The summed E-state index contributed by atoms with van der Waals surface area (Å²) in [5.74, 6) is 0.125. The third-order valence-electron chi connectivity index (χ3n) is 7.09. The highest BCUT2D eigenvalue weighted by atomic mass is 32.2. The molecule has 2 heterocycles. The van der Waals surface area contributed by atoms with Crippen LogP contribution in [-0.4, -0.2) is 74.7 Å². The molecule has 1 amide bonds. The fourth-order valence-corrected chi connectivity index (χ4v) is 6.57. The van der Waals surface area contributed by atoms with Crippen molar-refractivity contribution in [1.29, 1.82) is 0 Å². The lowest BCUT2D eigenvalue weighted by Gasteiger charge is -2.38. The van der Waals surface area contributed by atoms with Gasteiger partial charge in [0.2, 0.25) is 15.9 Å². The molecule has 2 saturated heterocycles.